The Balaban J connectivity index is 0.00000200. The van der Waals surface area contributed by atoms with E-state index in [1.54, 1.807) is 11.8 Å². The second kappa shape index (κ2) is 10.1. The summed E-state index contributed by atoms with van der Waals surface area (Å²) in [6.07, 6.45) is 3.65. The first-order valence-corrected chi connectivity index (χ1v) is 7.98. The van der Waals surface area contributed by atoms with Crippen molar-refractivity contribution < 1.29 is 4.79 Å². The summed E-state index contributed by atoms with van der Waals surface area (Å²) in [5.41, 5.74) is 0. The van der Waals surface area contributed by atoms with Gasteiger partial charge in [0, 0.05) is 11.4 Å². The van der Waals surface area contributed by atoms with Crippen molar-refractivity contribution in [1.82, 2.24) is 10.6 Å². The molecule has 1 atom stereocenters. The Morgan fingerprint density at radius 2 is 2.15 bits per heavy atom. The van der Waals surface area contributed by atoms with Crippen molar-refractivity contribution in [3.8, 4) is 0 Å². The summed E-state index contributed by atoms with van der Waals surface area (Å²) in [6.45, 7) is 3.06. The lowest BCUT2D eigenvalue weighted by atomic mass is 9.96. The van der Waals surface area contributed by atoms with E-state index < -0.39 is 0 Å². The van der Waals surface area contributed by atoms with Crippen LogP contribution in [-0.2, 0) is 4.79 Å². The minimum atomic E-state index is 0. The largest absolute Gasteiger partial charge is 0.355 e. The van der Waals surface area contributed by atoms with Crippen molar-refractivity contribution >= 4 is 30.1 Å². The predicted octanol–water partition coefficient (Wildman–Crippen LogP) is 2.71. The fraction of sp³-hybridized carbons (Fsp3) is 0.533. The molecule has 112 valence electrons. The summed E-state index contributed by atoms with van der Waals surface area (Å²) in [5.74, 6) is 1.38. The van der Waals surface area contributed by atoms with Gasteiger partial charge in [-0.15, -0.1) is 24.2 Å². The molecule has 1 saturated heterocycles. The zero-order chi connectivity index (χ0) is 13.3. The second-order valence-electron chi connectivity index (χ2n) is 4.95. The van der Waals surface area contributed by atoms with Crippen LogP contribution in [0.25, 0.3) is 0 Å². The third kappa shape index (κ3) is 6.64. The minimum absolute atomic E-state index is 0. The molecule has 1 aliphatic heterocycles. The predicted molar refractivity (Wildman–Crippen MR) is 87.6 cm³/mol. The number of carbonyl (C=O) groups is 1. The molecule has 0 aliphatic carbocycles. The zero-order valence-corrected chi connectivity index (χ0v) is 13.3. The van der Waals surface area contributed by atoms with Gasteiger partial charge in [-0.2, -0.15) is 0 Å². The molecule has 2 rings (SSSR count). The van der Waals surface area contributed by atoms with Crippen molar-refractivity contribution in [2.75, 3.05) is 25.4 Å². The number of thioether (sulfide) groups is 1. The molecule has 1 amide bonds. The molecule has 0 saturated carbocycles. The maximum absolute atomic E-state index is 11.7. The molecule has 0 bridgehead atoms. The van der Waals surface area contributed by atoms with E-state index in [-0.39, 0.29) is 18.3 Å². The molecule has 1 heterocycles. The molecule has 1 aromatic carbocycles. The number of nitrogens with one attached hydrogen (secondary N) is 2. The van der Waals surface area contributed by atoms with Gasteiger partial charge in [0.15, 0.2) is 0 Å². The highest BCUT2D eigenvalue weighted by Crippen LogP contribution is 2.16. The van der Waals surface area contributed by atoms with Crippen LogP contribution in [0.1, 0.15) is 19.3 Å². The molecule has 0 spiro atoms. The van der Waals surface area contributed by atoms with Gasteiger partial charge in [-0.05, 0) is 50.4 Å². The van der Waals surface area contributed by atoms with Crippen LogP contribution in [0, 0.1) is 5.92 Å². The molecular formula is C15H23ClN2OS. The number of piperidine rings is 1. The first-order chi connectivity index (χ1) is 9.34. The molecule has 2 N–H and O–H groups in total. The molecule has 1 aromatic rings. The van der Waals surface area contributed by atoms with Gasteiger partial charge in [0.05, 0.1) is 5.75 Å². The standard InChI is InChI=1S/C15H22N2OS.ClH/c18-15(12-19-14-6-2-1-3-7-14)17-10-8-13-5-4-9-16-11-13;/h1-3,6-7,13,16H,4-5,8-12H2,(H,17,18);1H. The summed E-state index contributed by atoms with van der Waals surface area (Å²) in [4.78, 5) is 12.9. The Hall–Kier alpha value is -0.710. The van der Waals surface area contributed by atoms with E-state index in [1.165, 1.54) is 12.8 Å². The van der Waals surface area contributed by atoms with E-state index in [4.69, 9.17) is 0 Å². The number of hydrogen-bond donors (Lipinski definition) is 2. The number of rotatable bonds is 6. The summed E-state index contributed by atoms with van der Waals surface area (Å²) in [7, 11) is 0. The quantitative estimate of drug-likeness (QED) is 0.793. The molecule has 3 nitrogen and oxygen atoms in total. The van der Waals surface area contributed by atoms with Crippen LogP contribution in [0.2, 0.25) is 0 Å². The van der Waals surface area contributed by atoms with Crippen LogP contribution < -0.4 is 10.6 Å². The van der Waals surface area contributed by atoms with Crippen LogP contribution in [0.4, 0.5) is 0 Å². The average Bonchev–Trinajstić information content (AvgIpc) is 2.47. The molecule has 0 aromatic heterocycles. The molecule has 20 heavy (non-hydrogen) atoms. The van der Waals surface area contributed by atoms with Crippen molar-refractivity contribution in [1.29, 1.82) is 0 Å². The van der Waals surface area contributed by atoms with Gasteiger partial charge in [-0.3, -0.25) is 4.79 Å². The van der Waals surface area contributed by atoms with Crippen molar-refractivity contribution in [2.24, 2.45) is 5.92 Å². The van der Waals surface area contributed by atoms with E-state index in [1.807, 2.05) is 30.3 Å². The fourth-order valence-corrected chi connectivity index (χ4v) is 3.05. The molecular weight excluding hydrogens is 292 g/mol. The number of halogens is 1. The van der Waals surface area contributed by atoms with Gasteiger partial charge in [0.25, 0.3) is 0 Å². The first kappa shape index (κ1) is 17.3. The SMILES string of the molecule is Cl.O=C(CSc1ccccc1)NCCC1CCCNC1. The second-order valence-corrected chi connectivity index (χ2v) is 6.00. The zero-order valence-electron chi connectivity index (χ0n) is 11.6. The van der Waals surface area contributed by atoms with Crippen LogP contribution in [0.5, 0.6) is 0 Å². The Morgan fingerprint density at radius 1 is 1.35 bits per heavy atom. The van der Waals surface area contributed by atoms with Gasteiger partial charge in [0.1, 0.15) is 0 Å². The highest BCUT2D eigenvalue weighted by molar-refractivity contribution is 8.00. The smallest absolute Gasteiger partial charge is 0.230 e. The monoisotopic (exact) mass is 314 g/mol. The van der Waals surface area contributed by atoms with E-state index in [0.29, 0.717) is 5.75 Å². The third-order valence-electron chi connectivity index (χ3n) is 3.39. The Labute approximate surface area is 131 Å². The maximum atomic E-state index is 11.7. The molecule has 0 radical (unpaired) electrons. The maximum Gasteiger partial charge on any atom is 0.230 e. The minimum Gasteiger partial charge on any atom is -0.355 e. The topological polar surface area (TPSA) is 41.1 Å². The van der Waals surface area contributed by atoms with Crippen molar-refractivity contribution in [2.45, 2.75) is 24.2 Å². The average molecular weight is 315 g/mol. The van der Waals surface area contributed by atoms with E-state index in [0.717, 1.165) is 36.9 Å². The lowest BCUT2D eigenvalue weighted by molar-refractivity contribution is -0.118. The first-order valence-electron chi connectivity index (χ1n) is 7.00. The van der Waals surface area contributed by atoms with Crippen LogP contribution in [0.15, 0.2) is 35.2 Å². The van der Waals surface area contributed by atoms with Crippen molar-refractivity contribution in [3.05, 3.63) is 30.3 Å². The van der Waals surface area contributed by atoms with E-state index >= 15 is 0 Å². The Morgan fingerprint density at radius 3 is 2.85 bits per heavy atom. The highest BCUT2D eigenvalue weighted by Gasteiger charge is 2.12. The Kier molecular flexibility index (Phi) is 8.74. The fourth-order valence-electron chi connectivity index (χ4n) is 2.30. The summed E-state index contributed by atoms with van der Waals surface area (Å²) in [6, 6.07) is 10.0. The van der Waals surface area contributed by atoms with Gasteiger partial charge >= 0.3 is 0 Å². The van der Waals surface area contributed by atoms with Crippen LogP contribution >= 0.6 is 24.2 Å². The van der Waals surface area contributed by atoms with Gasteiger partial charge in [-0.25, -0.2) is 0 Å². The molecule has 1 fully saturated rings. The number of benzene rings is 1. The lowest BCUT2D eigenvalue weighted by Crippen LogP contribution is -2.33. The molecule has 1 unspecified atom stereocenters. The number of amides is 1. The normalized spacial score (nSPS) is 18.1. The number of carbonyl (C=O) groups excluding carboxylic acids is 1. The summed E-state index contributed by atoms with van der Waals surface area (Å²) < 4.78 is 0. The molecule has 1 aliphatic rings. The van der Waals surface area contributed by atoms with Gasteiger partial charge < -0.3 is 10.6 Å². The summed E-state index contributed by atoms with van der Waals surface area (Å²) in [5, 5.41) is 6.42. The lowest BCUT2D eigenvalue weighted by Gasteiger charge is -2.22. The number of hydrogen-bond acceptors (Lipinski definition) is 3. The van der Waals surface area contributed by atoms with E-state index in [9.17, 15) is 4.79 Å². The van der Waals surface area contributed by atoms with Gasteiger partial charge in [-0.1, -0.05) is 18.2 Å². The van der Waals surface area contributed by atoms with Crippen molar-refractivity contribution in [3.63, 3.8) is 0 Å². The Bertz CT molecular complexity index is 383. The van der Waals surface area contributed by atoms with Crippen LogP contribution in [0.3, 0.4) is 0 Å². The molecule has 5 heteroatoms. The van der Waals surface area contributed by atoms with Gasteiger partial charge in [0.2, 0.25) is 5.91 Å². The van der Waals surface area contributed by atoms with Crippen LogP contribution in [-0.4, -0.2) is 31.3 Å². The highest BCUT2D eigenvalue weighted by atomic mass is 35.5. The van der Waals surface area contributed by atoms with E-state index in [2.05, 4.69) is 10.6 Å². The summed E-state index contributed by atoms with van der Waals surface area (Å²) >= 11 is 1.59. The third-order valence-corrected chi connectivity index (χ3v) is 4.40.